The number of hydrogen-bond donors (Lipinski definition) is 8. The highest BCUT2D eigenvalue weighted by molar-refractivity contribution is 6.74. The summed E-state index contributed by atoms with van der Waals surface area (Å²) in [5.74, 6) is -2.60. The zero-order valence-electron chi connectivity index (χ0n) is 30.0. The van der Waals surface area contributed by atoms with Gasteiger partial charge >= 0.3 is 7.12 Å². The van der Waals surface area contributed by atoms with Crippen LogP contribution in [0.4, 0.5) is 4.79 Å². The first-order chi connectivity index (χ1) is 24.0. The third kappa shape index (κ3) is 23.8. The highest BCUT2D eigenvalue weighted by Gasteiger charge is 2.30. The van der Waals surface area contributed by atoms with Crippen molar-refractivity contribution in [3.8, 4) is 0 Å². The van der Waals surface area contributed by atoms with E-state index in [1.807, 2.05) is 6.07 Å². The lowest BCUT2D eigenvalue weighted by Gasteiger charge is -2.24. The first-order valence-corrected chi connectivity index (χ1v) is 19.5. The molecule has 1 rings (SSSR count). The maximum Gasteiger partial charge on any atom is 0.475 e. The molecule has 280 valence electrons. The zero-order chi connectivity index (χ0) is 37.0. The van der Waals surface area contributed by atoms with Crippen LogP contribution in [0.3, 0.4) is 0 Å². The van der Waals surface area contributed by atoms with Crippen LogP contribution in [0.1, 0.15) is 128 Å². The summed E-state index contributed by atoms with van der Waals surface area (Å²) in [4.78, 5) is 54.8. The number of rotatable bonds is 30. The molecule has 0 saturated heterocycles. The molecule has 0 aliphatic heterocycles. The Kier molecular flexibility index (Phi) is 25.2. The number of carbonyl (C=O) groups is 4. The monoisotopic (exact) mass is 715 g/mol. The molecule has 0 spiro atoms. The molecule has 13 nitrogen and oxygen atoms in total. The number of nitrogens with zero attached hydrogens (tertiary/aromatic N) is 1. The van der Waals surface area contributed by atoms with Crippen LogP contribution in [0.25, 0.3) is 0 Å². The molecule has 0 fully saturated rings. The van der Waals surface area contributed by atoms with E-state index >= 15 is 0 Å². The van der Waals surface area contributed by atoms with E-state index in [1.165, 1.54) is 64.2 Å². The van der Waals surface area contributed by atoms with Crippen LogP contribution in [-0.2, 0) is 20.8 Å². The van der Waals surface area contributed by atoms with E-state index in [2.05, 4.69) is 27.9 Å². The Morgan fingerprint density at radius 1 is 0.760 bits per heavy atom. The first kappa shape index (κ1) is 44.6. The number of amides is 4. The first-order valence-electron chi connectivity index (χ1n) is 18.4. The van der Waals surface area contributed by atoms with Crippen molar-refractivity contribution >= 4 is 45.8 Å². The van der Waals surface area contributed by atoms with Crippen LogP contribution in [0, 0.1) is 0 Å². The van der Waals surface area contributed by atoms with Crippen LogP contribution in [0.5, 0.6) is 0 Å². The second-order valence-electron chi connectivity index (χ2n) is 13.0. The van der Waals surface area contributed by atoms with Gasteiger partial charge in [0.1, 0.15) is 6.04 Å². The molecule has 0 bridgehead atoms. The molecule has 50 heavy (non-hydrogen) atoms. The van der Waals surface area contributed by atoms with Crippen LogP contribution in [0.2, 0.25) is 0 Å². The molecule has 0 aromatic heterocycles. The molecular weight excluding hydrogens is 653 g/mol. The van der Waals surface area contributed by atoms with Gasteiger partial charge in [0.2, 0.25) is 17.7 Å². The summed E-state index contributed by atoms with van der Waals surface area (Å²) in [7, 11) is -2.30. The molecule has 0 heterocycles. The van der Waals surface area contributed by atoms with Gasteiger partial charge in [-0.3, -0.25) is 24.2 Å². The van der Waals surface area contributed by atoms with Crippen molar-refractivity contribution in [3.63, 3.8) is 0 Å². The molecule has 15 heteroatoms. The van der Waals surface area contributed by atoms with E-state index in [9.17, 15) is 29.2 Å². The number of carbonyl (C=O) groups excluding carboxylic acids is 4. The quantitative estimate of drug-likeness (QED) is 0.0255. The molecule has 1 aromatic rings. The Labute approximate surface area is 301 Å². The number of primary amides is 1. The van der Waals surface area contributed by atoms with Crippen molar-refractivity contribution in [2.24, 2.45) is 22.2 Å². The van der Waals surface area contributed by atoms with Crippen molar-refractivity contribution in [1.29, 1.82) is 0 Å². The molecule has 3 atom stereocenters. The number of guanidine groups is 1. The third-order valence-corrected chi connectivity index (χ3v) is 9.57. The highest BCUT2D eigenvalue weighted by atomic mass is 28.2. The van der Waals surface area contributed by atoms with Gasteiger partial charge in [-0.05, 0) is 37.7 Å². The molecule has 0 aliphatic rings. The summed E-state index contributed by atoms with van der Waals surface area (Å²) in [5, 5.41) is 28.1. The van der Waals surface area contributed by atoms with Crippen molar-refractivity contribution in [1.82, 2.24) is 16.0 Å². The third-order valence-electron chi connectivity index (χ3n) is 8.38. The van der Waals surface area contributed by atoms with Crippen molar-refractivity contribution in [3.05, 3.63) is 35.9 Å². The average molecular weight is 716 g/mol. The molecular formula is C35H62BN7O6Si. The summed E-state index contributed by atoms with van der Waals surface area (Å²) < 4.78 is 0. The van der Waals surface area contributed by atoms with E-state index in [0.717, 1.165) is 24.8 Å². The average Bonchev–Trinajstić information content (AvgIpc) is 3.06. The van der Waals surface area contributed by atoms with E-state index in [-0.39, 0.29) is 31.1 Å². The number of nitrogens with one attached hydrogen (secondary N) is 3. The summed E-state index contributed by atoms with van der Waals surface area (Å²) in [6, 6.07) is 7.81. The zero-order valence-corrected chi connectivity index (χ0v) is 31.0. The SMILES string of the molecule is CCCCCCCCCCCCCCCC(=O)N[C@@H](CCCN=C(N)N)[Si]C(=O)N[C@@H](CCC(N)=O)C(=O)N[C@@H](Cc1ccccc1)B(O)O. The van der Waals surface area contributed by atoms with Gasteiger partial charge in [0.05, 0.1) is 5.94 Å². The van der Waals surface area contributed by atoms with Gasteiger partial charge in [-0.25, -0.2) is 0 Å². The number of unbranched alkanes of at least 4 members (excludes halogenated alkanes) is 12. The van der Waals surface area contributed by atoms with Crippen LogP contribution in [-0.4, -0.2) is 80.1 Å². The van der Waals surface area contributed by atoms with Crippen molar-refractivity contribution in [2.75, 3.05) is 6.54 Å². The van der Waals surface area contributed by atoms with Gasteiger partial charge in [0, 0.05) is 25.1 Å². The Morgan fingerprint density at radius 3 is 1.88 bits per heavy atom. The molecule has 4 amide bonds. The predicted octanol–water partition coefficient (Wildman–Crippen LogP) is 2.75. The second kappa shape index (κ2) is 28.3. The minimum absolute atomic E-state index is 0.0462. The van der Waals surface area contributed by atoms with Gasteiger partial charge in [-0.1, -0.05) is 114 Å². The van der Waals surface area contributed by atoms with Crippen LogP contribution >= 0.6 is 0 Å². The fraction of sp³-hybridized carbons (Fsp3) is 0.686. The molecule has 2 radical (unpaired) electrons. The van der Waals surface area contributed by atoms with E-state index in [1.54, 1.807) is 24.3 Å². The normalized spacial score (nSPS) is 12.7. The topological polar surface area (TPSA) is 235 Å². The number of nitrogens with two attached hydrogens (primary N) is 3. The number of hydrogen-bond acceptors (Lipinski definition) is 7. The largest absolute Gasteiger partial charge is 0.475 e. The number of benzene rings is 1. The lowest BCUT2D eigenvalue weighted by molar-refractivity contribution is -0.124. The van der Waals surface area contributed by atoms with E-state index < -0.39 is 51.6 Å². The van der Waals surface area contributed by atoms with E-state index in [4.69, 9.17) is 17.2 Å². The molecule has 0 saturated carbocycles. The predicted molar refractivity (Wildman–Crippen MR) is 201 cm³/mol. The fourth-order valence-corrected chi connectivity index (χ4v) is 6.71. The van der Waals surface area contributed by atoms with Gasteiger partial charge in [0.15, 0.2) is 21.0 Å². The fourth-order valence-electron chi connectivity index (χ4n) is 5.55. The standard InChI is InChI=1S/C35H62BN7O6Si/c1-2-3-4-5-6-7-8-9-10-11-12-13-17-21-31(45)43-32(22-18-25-40-34(38)39)50-35(47)41-28(23-24-30(37)44)33(46)42-29(36(48)49)26-27-19-15-14-16-20-27/h14-16,19-20,28-29,32,48-49H,2-13,17-18,21-26H2,1H3,(H2,37,44)(H,41,47)(H,42,46)(H,43,45)(H4,38,39,40)/t28-,29-,32+/m0/s1. The van der Waals surface area contributed by atoms with Gasteiger partial charge in [-0.2, -0.15) is 0 Å². The maximum absolute atomic E-state index is 13.2. The second-order valence-corrected chi connectivity index (χ2v) is 14.4. The van der Waals surface area contributed by atoms with Crippen molar-refractivity contribution in [2.45, 2.75) is 147 Å². The van der Waals surface area contributed by atoms with Crippen LogP contribution < -0.4 is 33.2 Å². The van der Waals surface area contributed by atoms with Gasteiger partial charge < -0.3 is 43.2 Å². The minimum Gasteiger partial charge on any atom is -0.426 e. The molecule has 1 aromatic carbocycles. The summed E-state index contributed by atoms with van der Waals surface area (Å²) >= 11 is 0. The molecule has 11 N–H and O–H groups in total. The summed E-state index contributed by atoms with van der Waals surface area (Å²) in [5.41, 5.74) is 15.9. The number of aliphatic imine (C=N–C) groups is 1. The molecule has 0 aliphatic carbocycles. The summed E-state index contributed by atoms with van der Waals surface area (Å²) in [6.45, 7) is 2.57. The Bertz CT molecular complexity index is 1130. The molecule has 0 unspecified atom stereocenters. The lowest BCUT2D eigenvalue weighted by atomic mass is 9.75. The lowest BCUT2D eigenvalue weighted by Crippen LogP contribution is -2.56. The smallest absolute Gasteiger partial charge is 0.426 e. The Hall–Kier alpha value is -3.43. The van der Waals surface area contributed by atoms with Gasteiger partial charge in [0.25, 0.3) is 0 Å². The summed E-state index contributed by atoms with van der Waals surface area (Å²) in [6.07, 6.45) is 16.9. The maximum atomic E-state index is 13.2. The minimum atomic E-state index is -1.87. The Morgan fingerprint density at radius 2 is 1.34 bits per heavy atom. The Balaban J connectivity index is 2.66. The van der Waals surface area contributed by atoms with E-state index in [0.29, 0.717) is 25.8 Å². The van der Waals surface area contributed by atoms with Gasteiger partial charge in [-0.15, -0.1) is 0 Å². The van der Waals surface area contributed by atoms with Crippen molar-refractivity contribution < 1.29 is 29.2 Å². The van der Waals surface area contributed by atoms with Crippen LogP contribution in [0.15, 0.2) is 35.3 Å². The highest BCUT2D eigenvalue weighted by Crippen LogP contribution is 2.13.